The fourth-order valence-electron chi connectivity index (χ4n) is 2.57. The Morgan fingerprint density at radius 2 is 1.96 bits per heavy atom. The number of hydrogen-bond donors (Lipinski definition) is 0. The van der Waals surface area contributed by atoms with Gasteiger partial charge in [-0.15, -0.1) is 0 Å². The summed E-state index contributed by atoms with van der Waals surface area (Å²) in [5.41, 5.74) is 1.23. The summed E-state index contributed by atoms with van der Waals surface area (Å²) in [5, 5.41) is -0.259. The molecule has 4 nitrogen and oxygen atoms in total. The van der Waals surface area contributed by atoms with Gasteiger partial charge in [0.05, 0.1) is 9.38 Å². The van der Waals surface area contributed by atoms with E-state index in [1.54, 1.807) is 56.3 Å². The summed E-state index contributed by atoms with van der Waals surface area (Å²) >= 11 is 4.37. The van der Waals surface area contributed by atoms with Gasteiger partial charge in [-0.05, 0) is 71.4 Å². The number of amides is 2. The molecule has 1 saturated heterocycles. The Bertz CT molecular complexity index is 929. The van der Waals surface area contributed by atoms with Crippen molar-refractivity contribution in [3.63, 3.8) is 0 Å². The SMILES string of the molecule is CC(C)N1C(=O)S/C(=C/c2ccc(OCc3ccccc3F)c(Br)c2)C1=O. The summed E-state index contributed by atoms with van der Waals surface area (Å²) in [6.45, 7) is 3.72. The quantitative estimate of drug-likeness (QED) is 0.556. The van der Waals surface area contributed by atoms with Crippen LogP contribution >= 0.6 is 27.7 Å². The van der Waals surface area contributed by atoms with Gasteiger partial charge in [-0.1, -0.05) is 24.3 Å². The molecule has 0 unspecified atom stereocenters. The Balaban J connectivity index is 1.74. The lowest BCUT2D eigenvalue weighted by molar-refractivity contribution is -0.123. The molecule has 0 bridgehead atoms. The first-order chi connectivity index (χ1) is 12.9. The topological polar surface area (TPSA) is 46.6 Å². The van der Waals surface area contributed by atoms with Crippen molar-refractivity contribution >= 4 is 44.9 Å². The van der Waals surface area contributed by atoms with Crippen molar-refractivity contribution in [2.45, 2.75) is 26.5 Å². The Morgan fingerprint density at radius 1 is 1.22 bits per heavy atom. The maximum atomic E-state index is 13.7. The zero-order valence-electron chi connectivity index (χ0n) is 14.7. The van der Waals surface area contributed by atoms with E-state index in [4.69, 9.17) is 4.74 Å². The van der Waals surface area contributed by atoms with Crippen molar-refractivity contribution in [1.29, 1.82) is 0 Å². The molecular formula is C20H17BrFNO3S. The van der Waals surface area contributed by atoms with E-state index in [9.17, 15) is 14.0 Å². The molecule has 2 aromatic rings. The van der Waals surface area contributed by atoms with Crippen molar-refractivity contribution in [1.82, 2.24) is 4.90 Å². The van der Waals surface area contributed by atoms with E-state index in [1.807, 2.05) is 0 Å². The van der Waals surface area contributed by atoms with Crippen molar-refractivity contribution in [2.24, 2.45) is 0 Å². The van der Waals surface area contributed by atoms with Gasteiger partial charge in [-0.25, -0.2) is 4.39 Å². The van der Waals surface area contributed by atoms with E-state index in [2.05, 4.69) is 15.9 Å². The summed E-state index contributed by atoms with van der Waals surface area (Å²) < 4.78 is 20.0. The van der Waals surface area contributed by atoms with Gasteiger partial charge in [0.15, 0.2) is 0 Å². The van der Waals surface area contributed by atoms with Crippen LogP contribution < -0.4 is 4.74 Å². The maximum Gasteiger partial charge on any atom is 0.293 e. The molecule has 0 spiro atoms. The highest BCUT2D eigenvalue weighted by Crippen LogP contribution is 2.35. The van der Waals surface area contributed by atoms with Crippen LogP contribution in [0.15, 0.2) is 51.8 Å². The molecule has 7 heteroatoms. The molecule has 1 aliphatic rings. The number of halogens is 2. The molecule has 140 valence electrons. The van der Waals surface area contributed by atoms with Crippen LogP contribution in [0.5, 0.6) is 5.75 Å². The van der Waals surface area contributed by atoms with Gasteiger partial charge < -0.3 is 4.74 Å². The van der Waals surface area contributed by atoms with Crippen molar-refractivity contribution < 1.29 is 18.7 Å². The third-order valence-electron chi connectivity index (χ3n) is 3.93. The molecule has 2 amide bonds. The monoisotopic (exact) mass is 449 g/mol. The predicted molar refractivity (Wildman–Crippen MR) is 108 cm³/mol. The summed E-state index contributed by atoms with van der Waals surface area (Å²) in [6.07, 6.45) is 1.68. The molecule has 0 radical (unpaired) electrons. The number of ether oxygens (including phenoxy) is 1. The number of thioether (sulfide) groups is 1. The molecule has 0 atom stereocenters. The second-order valence-corrected chi connectivity index (χ2v) is 8.06. The molecule has 0 saturated carbocycles. The van der Waals surface area contributed by atoms with E-state index in [0.717, 1.165) is 17.3 Å². The smallest absolute Gasteiger partial charge is 0.293 e. The first-order valence-corrected chi connectivity index (χ1v) is 9.90. The molecule has 0 aliphatic carbocycles. The number of nitrogens with zero attached hydrogens (tertiary/aromatic N) is 1. The minimum atomic E-state index is -0.314. The minimum absolute atomic E-state index is 0.109. The number of hydrogen-bond acceptors (Lipinski definition) is 4. The van der Waals surface area contributed by atoms with Gasteiger partial charge in [0.2, 0.25) is 0 Å². The highest BCUT2D eigenvalue weighted by molar-refractivity contribution is 9.10. The summed E-state index contributed by atoms with van der Waals surface area (Å²) in [7, 11) is 0. The normalized spacial score (nSPS) is 15.9. The van der Waals surface area contributed by atoms with Crippen LogP contribution in [0.25, 0.3) is 6.08 Å². The number of carbonyl (C=O) groups excluding carboxylic acids is 2. The predicted octanol–water partition coefficient (Wildman–Crippen LogP) is 5.61. The van der Waals surface area contributed by atoms with Crippen LogP contribution in [-0.2, 0) is 11.4 Å². The molecule has 27 heavy (non-hydrogen) atoms. The van der Waals surface area contributed by atoms with Crippen LogP contribution in [0.2, 0.25) is 0 Å². The van der Waals surface area contributed by atoms with Gasteiger partial charge in [0.25, 0.3) is 11.1 Å². The minimum Gasteiger partial charge on any atom is -0.488 e. The van der Waals surface area contributed by atoms with E-state index in [1.165, 1.54) is 11.0 Å². The molecule has 2 aromatic carbocycles. The van der Waals surface area contributed by atoms with Crippen LogP contribution in [0.4, 0.5) is 9.18 Å². The fraction of sp³-hybridized carbons (Fsp3) is 0.200. The van der Waals surface area contributed by atoms with E-state index < -0.39 is 0 Å². The Labute approximate surface area is 169 Å². The summed E-state index contributed by atoms with van der Waals surface area (Å²) in [4.78, 5) is 25.9. The zero-order chi connectivity index (χ0) is 19.6. The zero-order valence-corrected chi connectivity index (χ0v) is 17.1. The number of imide groups is 1. The molecule has 0 N–H and O–H groups in total. The summed E-state index contributed by atoms with van der Waals surface area (Å²) in [5.74, 6) is -0.0344. The van der Waals surface area contributed by atoms with Crippen molar-refractivity contribution in [3.8, 4) is 5.75 Å². The molecule has 1 aliphatic heterocycles. The van der Waals surface area contributed by atoms with Crippen LogP contribution in [0.3, 0.4) is 0 Å². The Kier molecular flexibility index (Phi) is 6.01. The van der Waals surface area contributed by atoms with Gasteiger partial charge >= 0.3 is 0 Å². The number of rotatable bonds is 5. The van der Waals surface area contributed by atoms with Crippen LogP contribution in [0, 0.1) is 5.82 Å². The van der Waals surface area contributed by atoms with Crippen LogP contribution in [-0.4, -0.2) is 22.1 Å². The third kappa shape index (κ3) is 4.42. The highest BCUT2D eigenvalue weighted by Gasteiger charge is 2.36. The van der Waals surface area contributed by atoms with E-state index >= 15 is 0 Å². The maximum absolute atomic E-state index is 13.7. The lowest BCUT2D eigenvalue weighted by atomic mass is 10.2. The Morgan fingerprint density at radius 3 is 2.59 bits per heavy atom. The van der Waals surface area contributed by atoms with Gasteiger partial charge in [0, 0.05) is 11.6 Å². The van der Waals surface area contributed by atoms with Gasteiger partial charge in [-0.2, -0.15) is 0 Å². The average molecular weight is 450 g/mol. The lowest BCUT2D eigenvalue weighted by Gasteiger charge is -2.16. The molecule has 1 heterocycles. The van der Waals surface area contributed by atoms with Gasteiger partial charge in [0.1, 0.15) is 18.2 Å². The van der Waals surface area contributed by atoms with Crippen LogP contribution in [0.1, 0.15) is 25.0 Å². The number of carbonyl (C=O) groups is 2. The number of benzene rings is 2. The molecular weight excluding hydrogens is 433 g/mol. The molecule has 1 fully saturated rings. The Hall–Kier alpha value is -2.12. The van der Waals surface area contributed by atoms with E-state index in [-0.39, 0.29) is 29.6 Å². The highest BCUT2D eigenvalue weighted by atomic mass is 79.9. The first-order valence-electron chi connectivity index (χ1n) is 8.29. The average Bonchev–Trinajstić information content (AvgIpc) is 2.89. The molecule has 3 rings (SSSR count). The van der Waals surface area contributed by atoms with E-state index in [0.29, 0.717) is 20.7 Å². The molecule has 0 aromatic heterocycles. The largest absolute Gasteiger partial charge is 0.488 e. The van der Waals surface area contributed by atoms with Crippen molar-refractivity contribution in [3.05, 3.63) is 68.8 Å². The second-order valence-electron chi connectivity index (χ2n) is 6.22. The summed E-state index contributed by atoms with van der Waals surface area (Å²) in [6, 6.07) is 11.6. The third-order valence-corrected chi connectivity index (χ3v) is 5.44. The fourth-order valence-corrected chi connectivity index (χ4v) is 4.04. The lowest BCUT2D eigenvalue weighted by Crippen LogP contribution is -2.34. The first kappa shape index (κ1) is 19.6. The standard InChI is InChI=1S/C20H17BrFNO3S/c1-12(2)23-19(24)18(27-20(23)25)10-13-7-8-17(15(21)9-13)26-11-14-5-3-4-6-16(14)22/h3-10,12H,11H2,1-2H3/b18-10+. The second kappa shape index (κ2) is 8.27. The van der Waals surface area contributed by atoms with Gasteiger partial charge in [-0.3, -0.25) is 14.5 Å². The van der Waals surface area contributed by atoms with Crippen molar-refractivity contribution in [2.75, 3.05) is 0 Å².